The van der Waals surface area contributed by atoms with Crippen molar-refractivity contribution in [3.8, 4) is 0 Å². The maximum Gasteiger partial charge on any atom is 0.273 e. The van der Waals surface area contributed by atoms with Crippen LogP contribution in [0.1, 0.15) is 48.4 Å². The predicted molar refractivity (Wildman–Crippen MR) is 126 cm³/mol. The number of pyridine rings is 2. The molecule has 8 heteroatoms. The fraction of sp³-hybridized carbons (Fsp3) is 0.292. The Hall–Kier alpha value is -3.32. The van der Waals surface area contributed by atoms with Crippen LogP contribution in [0.15, 0.2) is 48.9 Å². The molecule has 1 amide bonds. The van der Waals surface area contributed by atoms with Gasteiger partial charge in [0.1, 0.15) is 17.5 Å². The lowest BCUT2D eigenvalue weighted by atomic mass is 10.0. The fourth-order valence-corrected chi connectivity index (χ4v) is 4.46. The third-order valence-corrected chi connectivity index (χ3v) is 6.18. The summed E-state index contributed by atoms with van der Waals surface area (Å²) in [5.41, 5.74) is 2.60. The van der Waals surface area contributed by atoms with Crippen LogP contribution in [0, 0.1) is 0 Å². The molecular weight excluding hydrogens is 424 g/mol. The van der Waals surface area contributed by atoms with Crippen molar-refractivity contribution in [1.29, 1.82) is 0 Å². The van der Waals surface area contributed by atoms with E-state index in [0.29, 0.717) is 27.4 Å². The molecule has 1 aromatic carbocycles. The molecule has 4 aromatic rings. The minimum Gasteiger partial charge on any atom is -0.360 e. The number of carbonyl (C=O) groups excluding carboxylic acids is 1. The molecule has 1 fully saturated rings. The fourth-order valence-electron chi connectivity index (χ4n) is 4.19. The molecule has 0 aliphatic carbocycles. The lowest BCUT2D eigenvalue weighted by molar-refractivity contribution is 0.0720. The van der Waals surface area contributed by atoms with Gasteiger partial charge in [0, 0.05) is 24.7 Å². The number of halogens is 1. The number of fused-ring (bicyclic) bond motifs is 2. The topological polar surface area (TPSA) is 83.9 Å². The van der Waals surface area contributed by atoms with Crippen molar-refractivity contribution >= 4 is 45.1 Å². The van der Waals surface area contributed by atoms with Gasteiger partial charge in [0.2, 0.25) is 0 Å². The molecule has 0 radical (unpaired) electrons. The Bertz CT molecular complexity index is 1300. The first-order chi connectivity index (χ1) is 15.6. The first-order valence-electron chi connectivity index (χ1n) is 10.8. The molecule has 0 bridgehead atoms. The van der Waals surface area contributed by atoms with Crippen molar-refractivity contribution in [2.75, 3.05) is 18.4 Å². The highest BCUT2D eigenvalue weighted by Crippen LogP contribution is 2.31. The summed E-state index contributed by atoms with van der Waals surface area (Å²) >= 11 is 6.52. The van der Waals surface area contributed by atoms with Gasteiger partial charge >= 0.3 is 0 Å². The van der Waals surface area contributed by atoms with Crippen LogP contribution >= 0.6 is 11.6 Å². The van der Waals surface area contributed by atoms with Crippen LogP contribution in [0.25, 0.3) is 21.8 Å². The average Bonchev–Trinajstić information content (AvgIpc) is 2.84. The highest BCUT2D eigenvalue weighted by molar-refractivity contribution is 6.36. The minimum absolute atomic E-state index is 0.0639. The number of amides is 1. The molecule has 162 valence electrons. The molecule has 7 nitrogen and oxygen atoms in total. The van der Waals surface area contributed by atoms with Crippen molar-refractivity contribution in [2.24, 2.45) is 0 Å². The summed E-state index contributed by atoms with van der Waals surface area (Å²) < 4.78 is 0. The summed E-state index contributed by atoms with van der Waals surface area (Å²) in [6.45, 7) is 3.50. The van der Waals surface area contributed by atoms with Gasteiger partial charge < -0.3 is 10.2 Å². The minimum atomic E-state index is -0.216. The lowest BCUT2D eigenvalue weighted by Gasteiger charge is -2.27. The SMILES string of the molecule is CC(Nc1ncnc2cccnc12)c1cc2cccc(Cl)c2c(C(=O)N2CCCCC2)n1. The van der Waals surface area contributed by atoms with E-state index in [1.807, 2.05) is 42.2 Å². The van der Waals surface area contributed by atoms with Gasteiger partial charge in [-0.3, -0.25) is 9.78 Å². The zero-order valence-corrected chi connectivity index (χ0v) is 18.5. The summed E-state index contributed by atoms with van der Waals surface area (Å²) in [4.78, 5) is 33.2. The zero-order valence-electron chi connectivity index (χ0n) is 17.8. The van der Waals surface area contributed by atoms with Gasteiger partial charge in [-0.2, -0.15) is 0 Å². The Labute approximate surface area is 190 Å². The molecule has 32 heavy (non-hydrogen) atoms. The van der Waals surface area contributed by atoms with Gasteiger partial charge in [0.05, 0.1) is 22.3 Å². The average molecular weight is 447 g/mol. The Balaban J connectivity index is 1.56. The number of benzene rings is 1. The molecule has 1 unspecified atom stereocenters. The van der Waals surface area contributed by atoms with Crippen LogP contribution in [0.4, 0.5) is 5.82 Å². The zero-order chi connectivity index (χ0) is 22.1. The molecule has 0 spiro atoms. The first-order valence-corrected chi connectivity index (χ1v) is 11.2. The predicted octanol–water partition coefficient (Wildman–Crippen LogP) is 5.03. The second-order valence-corrected chi connectivity index (χ2v) is 8.45. The van der Waals surface area contributed by atoms with Crippen molar-refractivity contribution in [3.63, 3.8) is 0 Å². The third-order valence-electron chi connectivity index (χ3n) is 5.86. The summed E-state index contributed by atoms with van der Waals surface area (Å²) in [6, 6.07) is 11.2. The molecule has 3 aromatic heterocycles. The maximum atomic E-state index is 13.4. The van der Waals surface area contributed by atoms with E-state index in [1.54, 1.807) is 12.3 Å². The largest absolute Gasteiger partial charge is 0.360 e. The third kappa shape index (κ3) is 3.84. The number of hydrogen-bond acceptors (Lipinski definition) is 6. The molecule has 1 atom stereocenters. The second kappa shape index (κ2) is 8.67. The molecule has 1 saturated heterocycles. The maximum absolute atomic E-state index is 13.4. The Morgan fingerprint density at radius 2 is 1.94 bits per heavy atom. The van der Waals surface area contributed by atoms with E-state index >= 15 is 0 Å². The van der Waals surface area contributed by atoms with E-state index in [-0.39, 0.29) is 11.9 Å². The Kier molecular flexibility index (Phi) is 5.57. The number of piperidine rings is 1. The van der Waals surface area contributed by atoms with E-state index in [1.165, 1.54) is 6.33 Å². The second-order valence-electron chi connectivity index (χ2n) is 8.05. The monoisotopic (exact) mass is 446 g/mol. The summed E-state index contributed by atoms with van der Waals surface area (Å²) in [5, 5.41) is 5.52. The number of nitrogens with one attached hydrogen (secondary N) is 1. The molecular formula is C24H23ClN6O. The van der Waals surface area contributed by atoms with Gasteiger partial charge in [-0.05, 0) is 55.8 Å². The van der Waals surface area contributed by atoms with E-state index < -0.39 is 0 Å². The smallest absolute Gasteiger partial charge is 0.273 e. The Morgan fingerprint density at radius 1 is 1.09 bits per heavy atom. The molecule has 1 aliphatic rings. The Morgan fingerprint density at radius 3 is 2.78 bits per heavy atom. The highest BCUT2D eigenvalue weighted by atomic mass is 35.5. The van der Waals surface area contributed by atoms with Gasteiger partial charge in [0.15, 0.2) is 5.82 Å². The number of rotatable bonds is 4. The van der Waals surface area contributed by atoms with Crippen molar-refractivity contribution < 1.29 is 4.79 Å². The van der Waals surface area contributed by atoms with Crippen molar-refractivity contribution in [3.05, 3.63) is 65.3 Å². The summed E-state index contributed by atoms with van der Waals surface area (Å²) in [6.07, 6.45) is 6.41. The molecule has 0 saturated carbocycles. The normalized spacial score (nSPS) is 15.1. The van der Waals surface area contributed by atoms with Crippen LogP contribution in [0.3, 0.4) is 0 Å². The molecule has 4 heterocycles. The number of likely N-dealkylation sites (tertiary alicyclic amines) is 1. The van der Waals surface area contributed by atoms with E-state index in [2.05, 4.69) is 20.3 Å². The molecule has 1 aliphatic heterocycles. The number of anilines is 1. The van der Waals surface area contributed by atoms with Crippen LogP contribution in [0.5, 0.6) is 0 Å². The van der Waals surface area contributed by atoms with E-state index in [9.17, 15) is 4.79 Å². The van der Waals surface area contributed by atoms with E-state index in [4.69, 9.17) is 16.6 Å². The summed E-state index contributed by atoms with van der Waals surface area (Å²) in [5.74, 6) is 0.561. The van der Waals surface area contributed by atoms with Crippen LogP contribution in [-0.2, 0) is 0 Å². The van der Waals surface area contributed by atoms with Gasteiger partial charge in [-0.15, -0.1) is 0 Å². The number of carbonyl (C=O) groups is 1. The number of hydrogen-bond donors (Lipinski definition) is 1. The standard InChI is InChI=1S/C24H23ClN6O/c1-15(29-23-21-18(27-14-28-23)9-6-10-26-21)19-13-16-7-5-8-17(25)20(16)22(30-19)24(32)31-11-3-2-4-12-31/h5-10,13-15H,2-4,11-12H2,1H3,(H,27,28,29). The van der Waals surface area contributed by atoms with Gasteiger partial charge in [0.25, 0.3) is 5.91 Å². The number of aromatic nitrogens is 4. The number of nitrogens with zero attached hydrogens (tertiary/aromatic N) is 5. The van der Waals surface area contributed by atoms with Gasteiger partial charge in [-0.25, -0.2) is 15.0 Å². The molecule has 5 rings (SSSR count). The van der Waals surface area contributed by atoms with Crippen molar-refractivity contribution in [1.82, 2.24) is 24.8 Å². The lowest BCUT2D eigenvalue weighted by Crippen LogP contribution is -2.36. The van der Waals surface area contributed by atoms with Crippen LogP contribution in [0.2, 0.25) is 5.02 Å². The first kappa shape index (κ1) is 20.6. The van der Waals surface area contributed by atoms with Crippen LogP contribution < -0.4 is 5.32 Å². The quantitative estimate of drug-likeness (QED) is 0.473. The van der Waals surface area contributed by atoms with Crippen molar-refractivity contribution in [2.45, 2.75) is 32.2 Å². The van der Waals surface area contributed by atoms with Gasteiger partial charge in [-0.1, -0.05) is 23.7 Å². The van der Waals surface area contributed by atoms with Crippen LogP contribution in [-0.4, -0.2) is 43.8 Å². The molecule has 1 N–H and O–H groups in total. The summed E-state index contributed by atoms with van der Waals surface area (Å²) in [7, 11) is 0. The highest BCUT2D eigenvalue weighted by Gasteiger charge is 2.24. The van der Waals surface area contributed by atoms with E-state index in [0.717, 1.165) is 48.9 Å².